The van der Waals surface area contributed by atoms with Gasteiger partial charge >= 0.3 is 0 Å². The number of benzene rings is 1. The molecule has 1 unspecified atom stereocenters. The van der Waals surface area contributed by atoms with Crippen molar-refractivity contribution >= 4 is 0 Å². The first-order chi connectivity index (χ1) is 7.31. The molecule has 0 fully saturated rings. The predicted molar refractivity (Wildman–Crippen MR) is 61.1 cm³/mol. The molecule has 0 bridgehead atoms. The maximum Gasteiger partial charge on any atom is 0.119 e. The number of hydrazine groups is 1. The molecule has 0 radical (unpaired) electrons. The molecule has 15 heavy (non-hydrogen) atoms. The van der Waals surface area contributed by atoms with Crippen molar-refractivity contribution in [2.45, 2.75) is 19.4 Å². The molecule has 0 heterocycles. The highest BCUT2D eigenvalue weighted by atomic mass is 16.5. The molecule has 3 heteroatoms. The Hall–Kier alpha value is -1.50. The summed E-state index contributed by atoms with van der Waals surface area (Å²) in [7, 11) is 0. The van der Waals surface area contributed by atoms with Crippen LogP contribution in [0, 0.1) is 12.3 Å². The minimum atomic E-state index is -0.268. The van der Waals surface area contributed by atoms with E-state index in [9.17, 15) is 0 Å². The molecule has 80 valence electrons. The van der Waals surface area contributed by atoms with Crippen LogP contribution < -0.4 is 16.0 Å². The molecule has 1 atom stereocenters. The van der Waals surface area contributed by atoms with Crippen LogP contribution in [0.4, 0.5) is 0 Å². The number of hydrogen-bond acceptors (Lipinski definition) is 3. The van der Waals surface area contributed by atoms with Gasteiger partial charge in [0, 0.05) is 0 Å². The molecule has 0 aliphatic rings. The van der Waals surface area contributed by atoms with Crippen molar-refractivity contribution in [1.29, 1.82) is 0 Å². The molecule has 0 aliphatic carbocycles. The van der Waals surface area contributed by atoms with Gasteiger partial charge in [-0.25, -0.2) is 5.43 Å². The smallest absolute Gasteiger partial charge is 0.119 e. The Labute approximate surface area is 90.6 Å². The number of nitrogens with two attached hydrogens (primary N) is 1. The van der Waals surface area contributed by atoms with E-state index >= 15 is 0 Å². The van der Waals surface area contributed by atoms with Crippen molar-refractivity contribution in [3.63, 3.8) is 0 Å². The molecular formula is C12H16N2O. The Morgan fingerprint density at radius 3 is 3.00 bits per heavy atom. The summed E-state index contributed by atoms with van der Waals surface area (Å²) in [6.07, 6.45) is 6.32. The molecule has 0 saturated carbocycles. The van der Waals surface area contributed by atoms with Gasteiger partial charge in [0.1, 0.15) is 11.8 Å². The molecule has 0 aromatic heterocycles. The third-order valence-corrected chi connectivity index (χ3v) is 2.00. The Kier molecular flexibility index (Phi) is 4.69. The van der Waals surface area contributed by atoms with E-state index in [0.29, 0.717) is 6.61 Å². The van der Waals surface area contributed by atoms with Crippen LogP contribution in [0.2, 0.25) is 0 Å². The highest BCUT2D eigenvalue weighted by molar-refractivity contribution is 5.33. The predicted octanol–water partition coefficient (Wildman–Crippen LogP) is 1.61. The summed E-state index contributed by atoms with van der Waals surface area (Å²) in [5.74, 6) is 8.72. The van der Waals surface area contributed by atoms with Crippen LogP contribution >= 0.6 is 0 Å². The van der Waals surface area contributed by atoms with Gasteiger partial charge < -0.3 is 4.74 Å². The van der Waals surface area contributed by atoms with Crippen LogP contribution in [0.15, 0.2) is 24.3 Å². The van der Waals surface area contributed by atoms with Crippen LogP contribution in [0.3, 0.4) is 0 Å². The summed E-state index contributed by atoms with van der Waals surface area (Å²) in [6, 6.07) is 7.37. The quantitative estimate of drug-likeness (QED) is 0.435. The fraction of sp³-hybridized carbons (Fsp3) is 0.333. The number of hydrogen-bond donors (Lipinski definition) is 2. The van der Waals surface area contributed by atoms with Gasteiger partial charge in [0.05, 0.1) is 6.61 Å². The van der Waals surface area contributed by atoms with Crippen LogP contribution in [0.25, 0.3) is 0 Å². The summed E-state index contributed by atoms with van der Waals surface area (Å²) in [4.78, 5) is 0. The van der Waals surface area contributed by atoms with Gasteiger partial charge in [-0.3, -0.25) is 5.84 Å². The summed E-state index contributed by atoms with van der Waals surface area (Å²) < 4.78 is 5.50. The standard InChI is InChI=1S/C12H16N2O/c1-3-8-15-11-7-5-6-10(9-11)12(4-2)14-13/h2,5-7,9,12,14H,3,8,13H2,1H3. The molecule has 3 nitrogen and oxygen atoms in total. The lowest BCUT2D eigenvalue weighted by atomic mass is 10.1. The minimum Gasteiger partial charge on any atom is -0.494 e. The van der Waals surface area contributed by atoms with E-state index in [1.807, 2.05) is 24.3 Å². The normalized spacial score (nSPS) is 11.8. The van der Waals surface area contributed by atoms with Crippen molar-refractivity contribution in [3.8, 4) is 18.1 Å². The summed E-state index contributed by atoms with van der Waals surface area (Å²) >= 11 is 0. The van der Waals surface area contributed by atoms with Gasteiger partial charge in [-0.2, -0.15) is 0 Å². The third-order valence-electron chi connectivity index (χ3n) is 2.00. The Bertz CT molecular complexity index is 344. The summed E-state index contributed by atoms with van der Waals surface area (Å²) in [6.45, 7) is 2.77. The zero-order chi connectivity index (χ0) is 11.1. The topological polar surface area (TPSA) is 47.3 Å². The zero-order valence-electron chi connectivity index (χ0n) is 8.86. The van der Waals surface area contributed by atoms with Gasteiger partial charge in [0.15, 0.2) is 0 Å². The summed E-state index contributed by atoms with van der Waals surface area (Å²) in [5, 5.41) is 0. The minimum absolute atomic E-state index is 0.268. The first-order valence-corrected chi connectivity index (χ1v) is 4.96. The monoisotopic (exact) mass is 204 g/mol. The van der Waals surface area contributed by atoms with E-state index in [2.05, 4.69) is 18.3 Å². The molecule has 1 rings (SSSR count). The first kappa shape index (κ1) is 11.6. The Balaban J connectivity index is 2.78. The van der Waals surface area contributed by atoms with E-state index in [1.165, 1.54) is 0 Å². The lowest BCUT2D eigenvalue weighted by Crippen LogP contribution is -2.26. The van der Waals surface area contributed by atoms with Crippen molar-refractivity contribution in [2.24, 2.45) is 5.84 Å². The first-order valence-electron chi connectivity index (χ1n) is 4.96. The van der Waals surface area contributed by atoms with Gasteiger partial charge in [0.25, 0.3) is 0 Å². The number of rotatable bonds is 5. The van der Waals surface area contributed by atoms with E-state index in [4.69, 9.17) is 17.0 Å². The second-order valence-corrected chi connectivity index (χ2v) is 3.19. The molecule has 1 aromatic rings. The molecule has 0 saturated heterocycles. The van der Waals surface area contributed by atoms with E-state index in [-0.39, 0.29) is 6.04 Å². The van der Waals surface area contributed by atoms with Crippen molar-refractivity contribution in [3.05, 3.63) is 29.8 Å². The molecule has 3 N–H and O–H groups in total. The highest BCUT2D eigenvalue weighted by Crippen LogP contribution is 2.18. The Morgan fingerprint density at radius 1 is 1.60 bits per heavy atom. The lowest BCUT2D eigenvalue weighted by molar-refractivity contribution is 0.317. The SMILES string of the molecule is C#CC(NN)c1cccc(OCCC)c1. The van der Waals surface area contributed by atoms with E-state index in [0.717, 1.165) is 17.7 Å². The van der Waals surface area contributed by atoms with Crippen molar-refractivity contribution < 1.29 is 4.74 Å². The fourth-order valence-corrected chi connectivity index (χ4v) is 1.24. The highest BCUT2D eigenvalue weighted by Gasteiger charge is 2.06. The molecule has 0 spiro atoms. The van der Waals surface area contributed by atoms with Crippen LogP contribution in [-0.2, 0) is 0 Å². The van der Waals surface area contributed by atoms with Gasteiger partial charge in [-0.1, -0.05) is 25.0 Å². The van der Waals surface area contributed by atoms with Crippen LogP contribution in [-0.4, -0.2) is 6.61 Å². The largest absolute Gasteiger partial charge is 0.494 e. The number of ether oxygens (including phenoxy) is 1. The van der Waals surface area contributed by atoms with Gasteiger partial charge in [-0.05, 0) is 24.1 Å². The van der Waals surface area contributed by atoms with Crippen LogP contribution in [0.1, 0.15) is 24.9 Å². The molecule has 1 aromatic carbocycles. The van der Waals surface area contributed by atoms with Crippen LogP contribution in [0.5, 0.6) is 5.75 Å². The zero-order valence-corrected chi connectivity index (χ0v) is 8.86. The maximum atomic E-state index is 5.50. The van der Waals surface area contributed by atoms with Gasteiger partial charge in [-0.15, -0.1) is 6.42 Å². The molecule has 0 aliphatic heterocycles. The third kappa shape index (κ3) is 3.28. The lowest BCUT2D eigenvalue weighted by Gasteiger charge is -2.11. The second kappa shape index (κ2) is 6.07. The number of terminal acetylenes is 1. The van der Waals surface area contributed by atoms with Crippen molar-refractivity contribution in [1.82, 2.24) is 5.43 Å². The van der Waals surface area contributed by atoms with E-state index in [1.54, 1.807) is 0 Å². The summed E-state index contributed by atoms with van der Waals surface area (Å²) in [5.41, 5.74) is 3.50. The average molecular weight is 204 g/mol. The second-order valence-electron chi connectivity index (χ2n) is 3.19. The fourth-order valence-electron chi connectivity index (χ4n) is 1.24. The molecule has 0 amide bonds. The van der Waals surface area contributed by atoms with Gasteiger partial charge in [0.2, 0.25) is 0 Å². The number of nitrogens with one attached hydrogen (secondary N) is 1. The average Bonchev–Trinajstić information content (AvgIpc) is 2.29. The molecular weight excluding hydrogens is 188 g/mol. The Morgan fingerprint density at radius 2 is 2.40 bits per heavy atom. The van der Waals surface area contributed by atoms with E-state index < -0.39 is 0 Å². The van der Waals surface area contributed by atoms with Crippen molar-refractivity contribution in [2.75, 3.05) is 6.61 Å². The maximum absolute atomic E-state index is 5.50.